The second-order valence-corrected chi connectivity index (χ2v) is 5.90. The van der Waals surface area contributed by atoms with Crippen molar-refractivity contribution in [2.75, 3.05) is 26.7 Å². The number of nitrogens with zero attached hydrogens (tertiary/aromatic N) is 2. The summed E-state index contributed by atoms with van der Waals surface area (Å²) in [7, 11) is 1.84. The van der Waals surface area contributed by atoms with E-state index in [1.807, 2.05) is 19.2 Å². The van der Waals surface area contributed by atoms with Gasteiger partial charge in [0, 0.05) is 37.3 Å². The number of likely N-dealkylation sites (N-methyl/N-ethyl adjacent to an activating group) is 1. The molecule has 1 aliphatic rings. The predicted molar refractivity (Wildman–Crippen MR) is 84.9 cm³/mol. The summed E-state index contributed by atoms with van der Waals surface area (Å²) >= 11 is 11.2. The molecule has 108 valence electrons. The van der Waals surface area contributed by atoms with Crippen LogP contribution in [0, 0.1) is 0 Å². The minimum atomic E-state index is 0.151. The van der Waals surface area contributed by atoms with Gasteiger partial charge < -0.3 is 10.6 Å². The Labute approximate surface area is 129 Å². The van der Waals surface area contributed by atoms with Crippen molar-refractivity contribution in [2.24, 2.45) is 5.73 Å². The number of carbonyl (C=O) groups excluding carboxylic acids is 1. The number of halogens is 1. The van der Waals surface area contributed by atoms with E-state index in [9.17, 15) is 4.79 Å². The fraction of sp³-hybridized carbons (Fsp3) is 0.429. The van der Waals surface area contributed by atoms with Gasteiger partial charge in [-0.05, 0) is 18.1 Å². The monoisotopic (exact) mass is 311 g/mol. The first-order valence-corrected chi connectivity index (χ1v) is 7.30. The fourth-order valence-corrected chi connectivity index (χ4v) is 2.62. The summed E-state index contributed by atoms with van der Waals surface area (Å²) in [5, 5.41) is 0.639. The zero-order valence-electron chi connectivity index (χ0n) is 11.4. The summed E-state index contributed by atoms with van der Waals surface area (Å²) in [5.41, 5.74) is 7.34. The van der Waals surface area contributed by atoms with E-state index in [1.165, 1.54) is 0 Å². The van der Waals surface area contributed by atoms with Crippen LogP contribution < -0.4 is 5.73 Å². The molecule has 1 heterocycles. The highest BCUT2D eigenvalue weighted by molar-refractivity contribution is 7.80. The highest BCUT2D eigenvalue weighted by atomic mass is 35.5. The fourth-order valence-electron chi connectivity index (χ4n) is 2.25. The van der Waals surface area contributed by atoms with Crippen LogP contribution in [0.25, 0.3) is 0 Å². The highest BCUT2D eigenvalue weighted by Crippen LogP contribution is 2.20. The Bertz CT molecular complexity index is 535. The van der Waals surface area contributed by atoms with Gasteiger partial charge in [-0.1, -0.05) is 36.0 Å². The van der Waals surface area contributed by atoms with Gasteiger partial charge in [-0.2, -0.15) is 0 Å². The molecule has 1 aromatic rings. The molecule has 0 saturated carbocycles. The number of rotatable bonds is 3. The molecule has 0 atom stereocenters. The van der Waals surface area contributed by atoms with Crippen LogP contribution in [-0.4, -0.2) is 47.4 Å². The van der Waals surface area contributed by atoms with Gasteiger partial charge in [0.05, 0.1) is 6.54 Å². The van der Waals surface area contributed by atoms with Gasteiger partial charge in [-0.25, -0.2) is 0 Å². The van der Waals surface area contributed by atoms with Gasteiger partial charge in [0.25, 0.3) is 0 Å². The molecule has 0 aliphatic carbocycles. The first-order chi connectivity index (χ1) is 9.47. The van der Waals surface area contributed by atoms with Crippen LogP contribution in [-0.2, 0) is 11.3 Å². The van der Waals surface area contributed by atoms with Crippen molar-refractivity contribution in [1.29, 1.82) is 0 Å². The standard InChI is InChI=1S/C14H18ClN3OS/c1-17-5-2-6-18(9-13(17)19)8-11-4-3-10(14(16)20)7-12(11)15/h3-4,7H,2,5-6,8-9H2,1H3,(H2,16,20). The number of hydrogen-bond donors (Lipinski definition) is 1. The van der Waals surface area contributed by atoms with Gasteiger partial charge >= 0.3 is 0 Å². The summed E-state index contributed by atoms with van der Waals surface area (Å²) < 4.78 is 0. The van der Waals surface area contributed by atoms with E-state index in [2.05, 4.69) is 4.90 Å². The number of hydrogen-bond acceptors (Lipinski definition) is 3. The first kappa shape index (κ1) is 15.2. The third kappa shape index (κ3) is 3.69. The van der Waals surface area contributed by atoms with Crippen LogP contribution in [0.1, 0.15) is 17.5 Å². The Morgan fingerprint density at radius 3 is 2.85 bits per heavy atom. The van der Waals surface area contributed by atoms with Gasteiger partial charge in [-0.15, -0.1) is 0 Å². The molecule has 0 spiro atoms. The molecular weight excluding hydrogens is 294 g/mol. The van der Waals surface area contributed by atoms with Crippen LogP contribution in [0.2, 0.25) is 5.02 Å². The highest BCUT2D eigenvalue weighted by Gasteiger charge is 2.19. The molecule has 2 N–H and O–H groups in total. The summed E-state index contributed by atoms with van der Waals surface area (Å²) in [5.74, 6) is 0.151. The number of amides is 1. The molecule has 0 radical (unpaired) electrons. The van der Waals surface area contributed by atoms with Crippen LogP contribution in [0.15, 0.2) is 18.2 Å². The number of benzene rings is 1. The minimum Gasteiger partial charge on any atom is -0.389 e. The molecule has 1 aliphatic heterocycles. The maximum absolute atomic E-state index is 11.9. The van der Waals surface area contributed by atoms with Crippen LogP contribution in [0.3, 0.4) is 0 Å². The zero-order chi connectivity index (χ0) is 14.7. The lowest BCUT2D eigenvalue weighted by molar-refractivity contribution is -0.129. The SMILES string of the molecule is CN1CCCN(Cc2ccc(C(N)=S)cc2Cl)CC1=O. The minimum absolute atomic E-state index is 0.151. The third-order valence-corrected chi connectivity index (χ3v) is 4.07. The van der Waals surface area contributed by atoms with E-state index in [0.717, 1.165) is 30.6 Å². The molecule has 20 heavy (non-hydrogen) atoms. The number of nitrogens with two attached hydrogens (primary N) is 1. The molecule has 2 rings (SSSR count). The molecule has 4 nitrogen and oxygen atoms in total. The van der Waals surface area contributed by atoms with Gasteiger partial charge in [0.2, 0.25) is 5.91 Å². The Hall–Kier alpha value is -1.17. The van der Waals surface area contributed by atoms with E-state index in [1.54, 1.807) is 11.0 Å². The van der Waals surface area contributed by atoms with Crippen LogP contribution in [0.4, 0.5) is 0 Å². The average Bonchev–Trinajstić information content (AvgIpc) is 2.54. The predicted octanol–water partition coefficient (Wildman–Crippen LogP) is 1.64. The second kappa shape index (κ2) is 6.52. The second-order valence-electron chi connectivity index (χ2n) is 5.05. The van der Waals surface area contributed by atoms with E-state index >= 15 is 0 Å². The average molecular weight is 312 g/mol. The molecule has 0 bridgehead atoms. The van der Waals surface area contributed by atoms with E-state index in [0.29, 0.717) is 23.1 Å². The molecule has 1 saturated heterocycles. The molecule has 0 unspecified atom stereocenters. The van der Waals surface area contributed by atoms with Crippen LogP contribution in [0.5, 0.6) is 0 Å². The quantitative estimate of drug-likeness (QED) is 0.862. The maximum Gasteiger partial charge on any atom is 0.236 e. The van der Waals surface area contributed by atoms with Gasteiger partial charge in [0.15, 0.2) is 0 Å². The molecule has 1 amide bonds. The van der Waals surface area contributed by atoms with Crippen molar-refractivity contribution < 1.29 is 4.79 Å². The zero-order valence-corrected chi connectivity index (χ0v) is 13.0. The van der Waals surface area contributed by atoms with Crippen molar-refractivity contribution in [1.82, 2.24) is 9.80 Å². The summed E-state index contributed by atoms with van der Waals surface area (Å²) in [6.07, 6.45) is 0.977. The maximum atomic E-state index is 11.9. The summed E-state index contributed by atoms with van der Waals surface area (Å²) in [6, 6.07) is 5.58. The lowest BCUT2D eigenvalue weighted by atomic mass is 10.1. The largest absolute Gasteiger partial charge is 0.389 e. The van der Waals surface area contributed by atoms with Crippen molar-refractivity contribution in [2.45, 2.75) is 13.0 Å². The van der Waals surface area contributed by atoms with Crippen molar-refractivity contribution in [3.05, 3.63) is 34.3 Å². The van der Waals surface area contributed by atoms with Crippen molar-refractivity contribution >= 4 is 34.7 Å². The Balaban J connectivity index is 2.09. The Kier molecular flexibility index (Phi) is 4.96. The topological polar surface area (TPSA) is 49.6 Å². The summed E-state index contributed by atoms with van der Waals surface area (Å²) in [6.45, 7) is 2.80. The lowest BCUT2D eigenvalue weighted by Gasteiger charge is -2.20. The van der Waals surface area contributed by atoms with Gasteiger partial charge in [-0.3, -0.25) is 9.69 Å². The number of thiocarbonyl (C=S) groups is 1. The Morgan fingerprint density at radius 2 is 2.20 bits per heavy atom. The molecule has 1 aromatic carbocycles. The van der Waals surface area contributed by atoms with E-state index in [4.69, 9.17) is 29.6 Å². The normalized spacial score (nSPS) is 17.1. The number of carbonyl (C=O) groups is 1. The first-order valence-electron chi connectivity index (χ1n) is 6.52. The molecular formula is C14H18ClN3OS. The molecule has 0 aromatic heterocycles. The Morgan fingerprint density at radius 1 is 1.45 bits per heavy atom. The van der Waals surface area contributed by atoms with E-state index < -0.39 is 0 Å². The van der Waals surface area contributed by atoms with Crippen molar-refractivity contribution in [3.63, 3.8) is 0 Å². The third-order valence-electron chi connectivity index (χ3n) is 3.48. The summed E-state index contributed by atoms with van der Waals surface area (Å²) in [4.78, 5) is 16.1. The van der Waals surface area contributed by atoms with Crippen molar-refractivity contribution in [3.8, 4) is 0 Å². The van der Waals surface area contributed by atoms with Crippen LogP contribution >= 0.6 is 23.8 Å². The molecule has 6 heteroatoms. The molecule has 1 fully saturated rings. The van der Waals surface area contributed by atoms with E-state index in [-0.39, 0.29) is 5.91 Å². The van der Waals surface area contributed by atoms with Gasteiger partial charge in [0.1, 0.15) is 4.99 Å². The smallest absolute Gasteiger partial charge is 0.236 e. The lowest BCUT2D eigenvalue weighted by Crippen LogP contribution is -2.34.